The maximum atomic E-state index is 11.8. The Morgan fingerprint density at radius 3 is 1.45 bits per heavy atom. The monoisotopic (exact) mass is 460 g/mol. The number of nitrogens with one attached hydrogen (secondary N) is 2. The molecule has 0 heterocycles. The first kappa shape index (κ1) is 29.0. The number of phenols is 1. The third-order valence-corrected chi connectivity index (χ3v) is 6.14. The number of carbonyl (C=O) groups excluding carboxylic acids is 2. The van der Waals surface area contributed by atoms with Gasteiger partial charge in [-0.1, -0.05) is 109 Å². The highest BCUT2D eigenvalue weighted by molar-refractivity contribution is 6.35. The van der Waals surface area contributed by atoms with Gasteiger partial charge in [-0.2, -0.15) is 0 Å². The molecule has 188 valence electrons. The summed E-state index contributed by atoms with van der Waals surface area (Å²) >= 11 is 0. The average Bonchev–Trinajstić information content (AvgIpc) is 2.82. The summed E-state index contributed by atoms with van der Waals surface area (Å²) in [6, 6.07) is 7.03. The zero-order chi connectivity index (χ0) is 24.0. The molecule has 0 atom stereocenters. The average molecular weight is 461 g/mol. The number of benzene rings is 1. The highest BCUT2D eigenvalue weighted by atomic mass is 16.3. The van der Waals surface area contributed by atoms with Gasteiger partial charge < -0.3 is 15.7 Å². The van der Waals surface area contributed by atoms with Crippen LogP contribution in [0, 0.1) is 0 Å². The Bertz CT molecular complexity index is 616. The molecule has 2 amide bonds. The van der Waals surface area contributed by atoms with Gasteiger partial charge in [-0.3, -0.25) is 9.59 Å². The minimum Gasteiger partial charge on any atom is -0.508 e. The number of hydrogen-bond donors (Lipinski definition) is 3. The smallest absolute Gasteiger partial charge is 0.309 e. The van der Waals surface area contributed by atoms with E-state index in [0.717, 1.165) is 31.2 Å². The minimum atomic E-state index is -0.554. The fourth-order valence-corrected chi connectivity index (χ4v) is 4.02. The van der Waals surface area contributed by atoms with Gasteiger partial charge in [0.1, 0.15) is 5.75 Å². The number of hydrogen-bond acceptors (Lipinski definition) is 3. The molecule has 0 radical (unpaired) electrons. The number of unbranched alkanes of at least 4 members (excludes halogenated alkanes) is 14. The van der Waals surface area contributed by atoms with Gasteiger partial charge in [0.05, 0.1) is 0 Å². The summed E-state index contributed by atoms with van der Waals surface area (Å²) in [7, 11) is 0. The van der Waals surface area contributed by atoms with E-state index in [9.17, 15) is 14.7 Å². The molecule has 5 nitrogen and oxygen atoms in total. The molecule has 1 aromatic rings. The first-order chi connectivity index (χ1) is 16.1. The highest BCUT2D eigenvalue weighted by Crippen LogP contribution is 2.13. The fourth-order valence-electron chi connectivity index (χ4n) is 4.02. The van der Waals surface area contributed by atoms with Gasteiger partial charge in [0.25, 0.3) is 0 Å². The number of rotatable bonds is 20. The number of aryl methyl sites for hydroxylation is 1. The summed E-state index contributed by atoms with van der Waals surface area (Å²) in [6.45, 7) is 3.30. The Morgan fingerprint density at radius 2 is 1.00 bits per heavy atom. The van der Waals surface area contributed by atoms with Gasteiger partial charge in [0.2, 0.25) is 0 Å². The highest BCUT2D eigenvalue weighted by Gasteiger charge is 2.11. The summed E-state index contributed by atoms with van der Waals surface area (Å²) in [5.41, 5.74) is 1.10. The van der Waals surface area contributed by atoms with Crippen molar-refractivity contribution in [3.05, 3.63) is 29.8 Å². The van der Waals surface area contributed by atoms with E-state index in [-0.39, 0.29) is 5.75 Å². The van der Waals surface area contributed by atoms with Crippen molar-refractivity contribution in [3.63, 3.8) is 0 Å². The molecule has 0 fully saturated rings. The van der Waals surface area contributed by atoms with Crippen LogP contribution in [0.15, 0.2) is 24.3 Å². The van der Waals surface area contributed by atoms with Crippen molar-refractivity contribution in [1.29, 1.82) is 0 Å². The van der Waals surface area contributed by atoms with Crippen LogP contribution in [0.3, 0.4) is 0 Å². The first-order valence-electron chi connectivity index (χ1n) is 13.5. The molecule has 3 N–H and O–H groups in total. The minimum absolute atomic E-state index is 0.248. The van der Waals surface area contributed by atoms with Crippen LogP contribution in [-0.4, -0.2) is 30.0 Å². The summed E-state index contributed by atoms with van der Waals surface area (Å²) in [6.07, 6.45) is 21.3. The molecule has 5 heteroatoms. The lowest BCUT2D eigenvalue weighted by Crippen LogP contribution is -2.40. The van der Waals surface area contributed by atoms with Crippen LogP contribution in [0.25, 0.3) is 0 Å². The summed E-state index contributed by atoms with van der Waals surface area (Å²) in [5.74, 6) is -0.843. The van der Waals surface area contributed by atoms with Crippen molar-refractivity contribution in [1.82, 2.24) is 10.6 Å². The van der Waals surface area contributed by atoms with E-state index in [1.165, 1.54) is 83.5 Å². The van der Waals surface area contributed by atoms with Crippen molar-refractivity contribution >= 4 is 11.8 Å². The molecule has 0 unspecified atom stereocenters. The van der Waals surface area contributed by atoms with Crippen molar-refractivity contribution < 1.29 is 14.7 Å². The van der Waals surface area contributed by atoms with Crippen molar-refractivity contribution in [2.24, 2.45) is 0 Å². The van der Waals surface area contributed by atoms with E-state index in [0.29, 0.717) is 13.1 Å². The molecular weight excluding hydrogens is 412 g/mol. The second-order valence-corrected chi connectivity index (χ2v) is 9.23. The van der Waals surface area contributed by atoms with Gasteiger partial charge in [0.15, 0.2) is 0 Å². The molecule has 0 aliphatic rings. The van der Waals surface area contributed by atoms with Crippen molar-refractivity contribution in [3.8, 4) is 5.75 Å². The van der Waals surface area contributed by atoms with E-state index < -0.39 is 11.8 Å². The van der Waals surface area contributed by atoms with Crippen molar-refractivity contribution in [2.75, 3.05) is 13.1 Å². The molecule has 0 saturated heterocycles. The molecular formula is C28H48N2O3. The summed E-state index contributed by atoms with van der Waals surface area (Å²) in [4.78, 5) is 23.7. The van der Waals surface area contributed by atoms with Gasteiger partial charge in [0, 0.05) is 13.1 Å². The van der Waals surface area contributed by atoms with Gasteiger partial charge in [-0.05, 0) is 37.0 Å². The maximum absolute atomic E-state index is 11.8. The molecule has 1 rings (SSSR count). The summed E-state index contributed by atoms with van der Waals surface area (Å²) in [5, 5.41) is 14.7. The lowest BCUT2D eigenvalue weighted by atomic mass is 10.0. The zero-order valence-electron chi connectivity index (χ0n) is 21.0. The number of phenolic OH excluding ortho intramolecular Hbond substituents is 1. The van der Waals surface area contributed by atoms with Crippen LogP contribution >= 0.6 is 0 Å². The van der Waals surface area contributed by atoms with Crippen LogP contribution in [0.5, 0.6) is 5.75 Å². The fraction of sp³-hybridized carbons (Fsp3) is 0.714. The molecule has 0 aromatic heterocycles. The number of amides is 2. The third kappa shape index (κ3) is 17.1. The van der Waals surface area contributed by atoms with E-state index in [2.05, 4.69) is 17.6 Å². The van der Waals surface area contributed by atoms with Crippen molar-refractivity contribution in [2.45, 2.75) is 116 Å². The summed E-state index contributed by atoms with van der Waals surface area (Å²) < 4.78 is 0. The molecule has 0 spiro atoms. The van der Waals surface area contributed by atoms with E-state index >= 15 is 0 Å². The number of carbonyl (C=O) groups is 2. The standard InChI is InChI=1S/C28H48N2O3/c1-2-3-4-5-6-7-8-9-10-11-12-13-14-15-16-23-29-27(32)28(33)30-24-17-18-25-19-21-26(31)22-20-25/h19-22,31H,2-18,23-24H2,1H3,(H,29,32)(H,30,33). The van der Waals surface area contributed by atoms with Crippen LogP contribution in [0.4, 0.5) is 0 Å². The lowest BCUT2D eigenvalue weighted by molar-refractivity contribution is -0.139. The van der Waals surface area contributed by atoms with Crippen LogP contribution in [0.2, 0.25) is 0 Å². The Hall–Kier alpha value is -2.04. The second-order valence-electron chi connectivity index (χ2n) is 9.23. The topological polar surface area (TPSA) is 78.4 Å². The van der Waals surface area contributed by atoms with E-state index in [1.807, 2.05) is 12.1 Å². The molecule has 33 heavy (non-hydrogen) atoms. The van der Waals surface area contributed by atoms with Gasteiger partial charge in [-0.25, -0.2) is 0 Å². The van der Waals surface area contributed by atoms with Crippen LogP contribution in [-0.2, 0) is 16.0 Å². The molecule has 0 saturated carbocycles. The molecule has 0 bridgehead atoms. The zero-order valence-corrected chi connectivity index (χ0v) is 21.0. The maximum Gasteiger partial charge on any atom is 0.309 e. The Balaban J connectivity index is 1.83. The van der Waals surface area contributed by atoms with Crippen LogP contribution in [0.1, 0.15) is 115 Å². The quantitative estimate of drug-likeness (QED) is 0.155. The normalized spacial score (nSPS) is 10.8. The number of aromatic hydroxyl groups is 1. The third-order valence-electron chi connectivity index (χ3n) is 6.14. The largest absolute Gasteiger partial charge is 0.508 e. The molecule has 0 aliphatic heterocycles. The van der Waals surface area contributed by atoms with Gasteiger partial charge >= 0.3 is 11.8 Å². The SMILES string of the molecule is CCCCCCCCCCCCCCCCCNC(=O)C(=O)NCCCc1ccc(O)cc1. The molecule has 0 aliphatic carbocycles. The predicted molar refractivity (Wildman–Crippen MR) is 137 cm³/mol. The Kier molecular flexibility index (Phi) is 18.1. The van der Waals surface area contributed by atoms with E-state index in [4.69, 9.17) is 0 Å². The van der Waals surface area contributed by atoms with Gasteiger partial charge in [-0.15, -0.1) is 0 Å². The second kappa shape index (κ2) is 20.6. The molecule has 1 aromatic carbocycles. The Labute approximate surface area is 202 Å². The van der Waals surface area contributed by atoms with Crippen LogP contribution < -0.4 is 10.6 Å². The predicted octanol–water partition coefficient (Wildman–Crippen LogP) is 6.43. The lowest BCUT2D eigenvalue weighted by Gasteiger charge is -2.07. The first-order valence-corrected chi connectivity index (χ1v) is 13.5. The van der Waals surface area contributed by atoms with E-state index in [1.54, 1.807) is 12.1 Å². The Morgan fingerprint density at radius 1 is 0.606 bits per heavy atom.